The molecule has 1 atom stereocenters. The first-order chi connectivity index (χ1) is 7.04. The normalized spacial score (nSPS) is 12.3. The Kier molecular flexibility index (Phi) is 3.80. The van der Waals surface area contributed by atoms with Crippen molar-refractivity contribution in [3.05, 3.63) is 35.1 Å². The molecule has 0 saturated heterocycles. The Balaban J connectivity index is 2.73. The lowest BCUT2D eigenvalue weighted by Gasteiger charge is -2.09. The van der Waals surface area contributed by atoms with E-state index in [-0.39, 0.29) is 11.7 Å². The molecule has 0 bridgehead atoms. The first-order valence-corrected chi connectivity index (χ1v) is 4.73. The second kappa shape index (κ2) is 4.89. The zero-order valence-electron chi connectivity index (χ0n) is 8.75. The molecular formula is C11H14FNO2. The quantitative estimate of drug-likeness (QED) is 0.591. The van der Waals surface area contributed by atoms with Crippen LogP contribution in [-0.4, -0.2) is 11.1 Å². The topological polar surface area (TPSA) is 49.3 Å². The molecule has 0 fully saturated rings. The van der Waals surface area contributed by atoms with E-state index >= 15 is 0 Å². The van der Waals surface area contributed by atoms with Crippen LogP contribution in [0.15, 0.2) is 18.2 Å². The van der Waals surface area contributed by atoms with Gasteiger partial charge in [0.25, 0.3) is 0 Å². The van der Waals surface area contributed by atoms with E-state index in [4.69, 9.17) is 5.21 Å². The molecule has 1 aromatic rings. The summed E-state index contributed by atoms with van der Waals surface area (Å²) in [5.41, 5.74) is 3.04. The summed E-state index contributed by atoms with van der Waals surface area (Å²) in [6, 6.07) is 4.73. The molecule has 82 valence electrons. The van der Waals surface area contributed by atoms with Crippen LogP contribution in [0.25, 0.3) is 0 Å². The van der Waals surface area contributed by atoms with E-state index in [0.717, 1.165) is 5.56 Å². The average molecular weight is 211 g/mol. The number of hydroxylamine groups is 1. The van der Waals surface area contributed by atoms with Crippen molar-refractivity contribution in [2.75, 3.05) is 0 Å². The average Bonchev–Trinajstić information content (AvgIpc) is 2.22. The molecule has 15 heavy (non-hydrogen) atoms. The van der Waals surface area contributed by atoms with Crippen molar-refractivity contribution < 1.29 is 14.4 Å². The van der Waals surface area contributed by atoms with Gasteiger partial charge in [-0.15, -0.1) is 0 Å². The lowest BCUT2D eigenvalue weighted by Crippen LogP contribution is -2.27. The van der Waals surface area contributed by atoms with Crippen LogP contribution in [0.3, 0.4) is 0 Å². The van der Waals surface area contributed by atoms with Gasteiger partial charge in [0, 0.05) is 5.92 Å². The fourth-order valence-corrected chi connectivity index (χ4v) is 1.39. The van der Waals surface area contributed by atoms with Crippen LogP contribution in [0.1, 0.15) is 18.1 Å². The second-order valence-electron chi connectivity index (χ2n) is 3.66. The number of hydrogen-bond donors (Lipinski definition) is 2. The molecule has 0 aliphatic heterocycles. The Bertz CT molecular complexity index is 366. The minimum absolute atomic E-state index is 0.252. The van der Waals surface area contributed by atoms with Crippen LogP contribution >= 0.6 is 0 Å². The summed E-state index contributed by atoms with van der Waals surface area (Å²) in [6.45, 7) is 3.37. The number of amides is 1. The lowest BCUT2D eigenvalue weighted by atomic mass is 9.99. The van der Waals surface area contributed by atoms with Crippen molar-refractivity contribution in [1.29, 1.82) is 0 Å². The number of halogens is 1. The van der Waals surface area contributed by atoms with Crippen LogP contribution in [0.4, 0.5) is 4.39 Å². The summed E-state index contributed by atoms with van der Waals surface area (Å²) < 4.78 is 12.9. The van der Waals surface area contributed by atoms with Crippen LogP contribution in [0, 0.1) is 18.7 Å². The molecule has 3 nitrogen and oxygen atoms in total. The van der Waals surface area contributed by atoms with Crippen LogP contribution in [0.5, 0.6) is 0 Å². The third kappa shape index (κ3) is 3.02. The van der Waals surface area contributed by atoms with Crippen molar-refractivity contribution in [2.45, 2.75) is 20.3 Å². The standard InChI is InChI=1S/C11H14FNO2/c1-7-5-9(3-4-10(7)12)6-8(2)11(14)13-15/h3-5,8,15H,6H2,1-2H3,(H,13,14). The largest absolute Gasteiger partial charge is 0.289 e. The Hall–Kier alpha value is -1.42. The SMILES string of the molecule is Cc1cc(CC(C)C(=O)NO)ccc1F. The number of carbonyl (C=O) groups excluding carboxylic acids is 1. The summed E-state index contributed by atoms with van der Waals surface area (Å²) in [7, 11) is 0. The third-order valence-electron chi connectivity index (χ3n) is 2.32. The Morgan fingerprint density at radius 2 is 2.27 bits per heavy atom. The minimum Gasteiger partial charge on any atom is -0.289 e. The molecule has 0 aliphatic carbocycles. The lowest BCUT2D eigenvalue weighted by molar-refractivity contribution is -0.132. The zero-order chi connectivity index (χ0) is 11.4. The Labute approximate surface area is 87.9 Å². The van der Waals surface area contributed by atoms with Gasteiger partial charge >= 0.3 is 0 Å². The number of carbonyl (C=O) groups is 1. The predicted molar refractivity (Wildman–Crippen MR) is 53.9 cm³/mol. The molecule has 4 heteroatoms. The molecule has 0 aromatic heterocycles. The summed E-state index contributed by atoms with van der Waals surface area (Å²) in [5, 5.41) is 8.42. The molecule has 1 aromatic carbocycles. The molecule has 2 N–H and O–H groups in total. The van der Waals surface area contributed by atoms with E-state index in [1.54, 1.807) is 31.5 Å². The summed E-state index contributed by atoms with van der Waals surface area (Å²) in [4.78, 5) is 11.0. The van der Waals surface area contributed by atoms with Crippen LogP contribution < -0.4 is 5.48 Å². The smallest absolute Gasteiger partial charge is 0.246 e. The highest BCUT2D eigenvalue weighted by Gasteiger charge is 2.12. The molecule has 1 unspecified atom stereocenters. The highest BCUT2D eigenvalue weighted by Crippen LogP contribution is 2.13. The third-order valence-corrected chi connectivity index (χ3v) is 2.32. The summed E-state index contributed by atoms with van der Waals surface area (Å²) >= 11 is 0. The molecule has 0 radical (unpaired) electrons. The van der Waals surface area contributed by atoms with E-state index in [9.17, 15) is 9.18 Å². The van der Waals surface area contributed by atoms with Crippen molar-refractivity contribution in [1.82, 2.24) is 5.48 Å². The number of benzene rings is 1. The first kappa shape index (κ1) is 11.7. The zero-order valence-corrected chi connectivity index (χ0v) is 8.75. The molecule has 0 aliphatic rings. The number of rotatable bonds is 3. The fraction of sp³-hybridized carbons (Fsp3) is 0.364. The Morgan fingerprint density at radius 3 is 2.80 bits per heavy atom. The van der Waals surface area contributed by atoms with Crippen molar-refractivity contribution in [3.63, 3.8) is 0 Å². The second-order valence-corrected chi connectivity index (χ2v) is 3.66. The summed E-state index contributed by atoms with van der Waals surface area (Å²) in [5.74, 6) is -1.02. The van der Waals surface area contributed by atoms with Gasteiger partial charge in [0.05, 0.1) is 0 Å². The monoisotopic (exact) mass is 211 g/mol. The van der Waals surface area contributed by atoms with Crippen LogP contribution in [0.2, 0.25) is 0 Å². The highest BCUT2D eigenvalue weighted by molar-refractivity contribution is 5.77. The van der Waals surface area contributed by atoms with Gasteiger partial charge in [0.15, 0.2) is 0 Å². The van der Waals surface area contributed by atoms with E-state index in [2.05, 4.69) is 0 Å². The van der Waals surface area contributed by atoms with Crippen molar-refractivity contribution in [2.24, 2.45) is 5.92 Å². The maximum atomic E-state index is 12.9. The minimum atomic E-state index is -0.433. The molecule has 1 rings (SSSR count). The van der Waals surface area contributed by atoms with E-state index in [1.165, 1.54) is 6.07 Å². The molecule has 0 saturated carbocycles. The first-order valence-electron chi connectivity index (χ1n) is 4.73. The van der Waals surface area contributed by atoms with Gasteiger partial charge in [-0.2, -0.15) is 0 Å². The summed E-state index contributed by atoms with van der Waals surface area (Å²) in [6.07, 6.45) is 0.480. The predicted octanol–water partition coefficient (Wildman–Crippen LogP) is 1.82. The van der Waals surface area contributed by atoms with Gasteiger partial charge < -0.3 is 0 Å². The molecule has 0 heterocycles. The number of aryl methyl sites for hydroxylation is 1. The maximum absolute atomic E-state index is 12.9. The van der Waals surface area contributed by atoms with Gasteiger partial charge in [-0.1, -0.05) is 19.1 Å². The van der Waals surface area contributed by atoms with Gasteiger partial charge in [-0.05, 0) is 30.5 Å². The van der Waals surface area contributed by atoms with E-state index < -0.39 is 5.91 Å². The van der Waals surface area contributed by atoms with Crippen molar-refractivity contribution in [3.8, 4) is 0 Å². The van der Waals surface area contributed by atoms with Gasteiger partial charge in [-0.3, -0.25) is 10.0 Å². The number of nitrogens with one attached hydrogen (secondary N) is 1. The van der Waals surface area contributed by atoms with Crippen LogP contribution in [-0.2, 0) is 11.2 Å². The Morgan fingerprint density at radius 1 is 1.60 bits per heavy atom. The van der Waals surface area contributed by atoms with Gasteiger partial charge in [0.2, 0.25) is 5.91 Å². The van der Waals surface area contributed by atoms with Gasteiger partial charge in [0.1, 0.15) is 5.82 Å². The van der Waals surface area contributed by atoms with Crippen molar-refractivity contribution >= 4 is 5.91 Å². The van der Waals surface area contributed by atoms with E-state index in [1.807, 2.05) is 0 Å². The molecule has 1 amide bonds. The van der Waals surface area contributed by atoms with E-state index in [0.29, 0.717) is 12.0 Å². The molecular weight excluding hydrogens is 197 g/mol. The maximum Gasteiger partial charge on any atom is 0.246 e. The number of hydrogen-bond acceptors (Lipinski definition) is 2. The molecule has 0 spiro atoms. The fourth-order valence-electron chi connectivity index (χ4n) is 1.39. The highest BCUT2D eigenvalue weighted by atomic mass is 19.1. The van der Waals surface area contributed by atoms with Gasteiger partial charge in [-0.25, -0.2) is 9.87 Å².